The number of nitrogen functional groups attached to an aromatic ring is 1. The van der Waals surface area contributed by atoms with Gasteiger partial charge in [-0.1, -0.05) is 123 Å². The number of aromatic nitrogens is 10. The van der Waals surface area contributed by atoms with Crippen LogP contribution in [0.5, 0.6) is 0 Å². The molecule has 6 aromatic heterocycles. The Morgan fingerprint density at radius 2 is 0.921 bits per heavy atom. The molecule has 6 aromatic carbocycles. The molecule has 0 spiro atoms. The van der Waals surface area contributed by atoms with Gasteiger partial charge in [-0.2, -0.15) is 10.2 Å². The van der Waals surface area contributed by atoms with Crippen LogP contribution < -0.4 is 11.1 Å². The largest absolute Gasteiger partial charge is 0.457 e. The van der Waals surface area contributed by atoms with E-state index in [9.17, 15) is 28.0 Å². The average Bonchev–Trinajstić information content (AvgIpc) is 1.80. The third-order valence-corrected chi connectivity index (χ3v) is 14.2. The normalized spacial score (nSPS) is 10.8. The van der Waals surface area contributed by atoms with Gasteiger partial charge >= 0.3 is 11.9 Å². The minimum atomic E-state index is -0.564. The first-order chi connectivity index (χ1) is 43.4. The lowest BCUT2D eigenvalue weighted by Crippen LogP contribution is -2.18. The maximum atomic E-state index is 14.4. The fourth-order valence-electron chi connectivity index (χ4n) is 9.32. The third-order valence-electron chi connectivity index (χ3n) is 14.0. The molecule has 89 heavy (non-hydrogen) atoms. The third kappa shape index (κ3) is 14.7. The number of ether oxygens (including phenoxy) is 2. The Morgan fingerprint density at radius 3 is 1.39 bits per heavy atom. The van der Waals surface area contributed by atoms with E-state index in [1.54, 1.807) is 174 Å². The van der Waals surface area contributed by atoms with Crippen molar-refractivity contribution < 1.29 is 37.4 Å². The van der Waals surface area contributed by atoms with Crippen molar-refractivity contribution in [3.8, 4) is 23.0 Å². The van der Waals surface area contributed by atoms with Crippen molar-refractivity contribution in [3.63, 3.8) is 0 Å². The molecule has 0 radical (unpaired) electrons. The van der Waals surface area contributed by atoms with Crippen LogP contribution in [0.2, 0.25) is 0 Å². The number of carbonyl (C=O) groups excluding carboxylic acids is 4. The summed E-state index contributed by atoms with van der Waals surface area (Å²) in [5, 5.41) is 13.2. The number of hydrogen-bond acceptors (Lipinski definition) is 15. The molecule has 18 nitrogen and oxygen atoms in total. The Kier molecular flexibility index (Phi) is 19.7. The summed E-state index contributed by atoms with van der Waals surface area (Å²) in [4.78, 5) is 75.9. The zero-order valence-electron chi connectivity index (χ0n) is 48.0. The van der Waals surface area contributed by atoms with E-state index in [0.717, 1.165) is 22.9 Å². The topological polar surface area (TPSA) is 238 Å². The molecule has 0 atom stereocenters. The fraction of sp³-hybridized carbons (Fsp3) is 0.118. The van der Waals surface area contributed by atoms with Gasteiger partial charge in [0.05, 0.1) is 35.0 Å². The van der Waals surface area contributed by atoms with Gasteiger partial charge in [-0.25, -0.2) is 57.6 Å². The van der Waals surface area contributed by atoms with E-state index in [4.69, 9.17) is 36.9 Å². The lowest BCUT2D eigenvalue weighted by molar-refractivity contribution is 0.0463. The van der Waals surface area contributed by atoms with Gasteiger partial charge in [0.2, 0.25) is 0 Å². The van der Waals surface area contributed by atoms with E-state index < -0.39 is 23.1 Å². The summed E-state index contributed by atoms with van der Waals surface area (Å²) in [6, 6.07) is 51.5. The van der Waals surface area contributed by atoms with Crippen LogP contribution in [-0.2, 0) is 48.6 Å². The summed E-state index contributed by atoms with van der Waals surface area (Å²) in [5.41, 5.74) is 13.6. The number of nitrogens with two attached hydrogens (primary N) is 1. The molecule has 21 heteroatoms. The Hall–Kier alpha value is -11.3. The van der Waals surface area contributed by atoms with Crippen LogP contribution in [0, 0.1) is 11.6 Å². The van der Waals surface area contributed by atoms with Crippen molar-refractivity contribution in [2.75, 3.05) is 11.1 Å². The van der Waals surface area contributed by atoms with Gasteiger partial charge in [-0.05, 0) is 97.2 Å². The number of fused-ring (bicyclic) bond motifs is 2. The predicted molar refractivity (Wildman–Crippen MR) is 333 cm³/mol. The fourth-order valence-corrected chi connectivity index (χ4v) is 9.51. The number of nitrogens with one attached hydrogen (secondary N) is 1. The van der Waals surface area contributed by atoms with Crippen molar-refractivity contribution in [2.45, 2.75) is 53.0 Å². The minimum absolute atomic E-state index is 0.0162. The molecule has 0 bridgehead atoms. The van der Waals surface area contributed by atoms with Gasteiger partial charge in [0.25, 0.3) is 11.1 Å². The number of carbonyl (C=O) groups is 4. The molecular formula is C68H55ClF2N12O6. The zero-order chi connectivity index (χ0) is 62.2. The second-order valence-corrected chi connectivity index (χ2v) is 20.1. The Morgan fingerprint density at radius 1 is 0.494 bits per heavy atom. The van der Waals surface area contributed by atoms with Gasteiger partial charge in [0.1, 0.15) is 47.9 Å². The number of pyridine rings is 2. The summed E-state index contributed by atoms with van der Waals surface area (Å²) < 4.78 is 42.4. The number of aryl methyl sites for hydroxylation is 2. The smallest absolute Gasteiger partial charge is 0.338 e. The van der Waals surface area contributed by atoms with E-state index in [1.807, 2.05) is 44.2 Å². The molecule has 12 rings (SSSR count). The highest BCUT2D eigenvalue weighted by Gasteiger charge is 2.22. The number of hydrogen-bond donors (Lipinski definition) is 2. The predicted octanol–water partition coefficient (Wildman–Crippen LogP) is 12.9. The molecule has 0 unspecified atom stereocenters. The maximum absolute atomic E-state index is 14.4. The summed E-state index contributed by atoms with van der Waals surface area (Å²) in [5.74, 6) is -0.440. The van der Waals surface area contributed by atoms with Gasteiger partial charge in [0.15, 0.2) is 22.9 Å². The van der Waals surface area contributed by atoms with Crippen molar-refractivity contribution in [3.05, 3.63) is 274 Å². The number of nitrogens with zero attached hydrogens (tertiary/aromatic N) is 10. The van der Waals surface area contributed by atoms with Gasteiger partial charge in [-0.15, -0.1) is 0 Å². The molecule has 0 aliphatic rings. The van der Waals surface area contributed by atoms with Gasteiger partial charge < -0.3 is 20.5 Å². The van der Waals surface area contributed by atoms with Gasteiger partial charge in [0, 0.05) is 69.3 Å². The van der Waals surface area contributed by atoms with E-state index in [0.29, 0.717) is 96.5 Å². The molecule has 0 saturated heterocycles. The number of amides is 1. The highest BCUT2D eigenvalue weighted by atomic mass is 35.5. The Balaban J connectivity index is 0.000000163. The maximum Gasteiger partial charge on any atom is 0.338 e. The first-order valence-corrected chi connectivity index (χ1v) is 28.4. The lowest BCUT2D eigenvalue weighted by Gasteiger charge is -2.13. The average molecular weight is 1210 g/mol. The monoisotopic (exact) mass is 1210 g/mol. The number of esters is 2. The van der Waals surface area contributed by atoms with E-state index >= 15 is 0 Å². The molecule has 1 amide bonds. The van der Waals surface area contributed by atoms with Crippen LogP contribution in [0.15, 0.2) is 207 Å². The first kappa shape index (κ1) is 60.9. The van der Waals surface area contributed by atoms with Crippen LogP contribution in [0.25, 0.3) is 45.1 Å². The number of rotatable bonds is 17. The van der Waals surface area contributed by atoms with E-state index in [2.05, 4.69) is 35.3 Å². The molecule has 0 aliphatic heterocycles. The number of anilines is 2. The molecule has 0 fully saturated rings. The molecule has 444 valence electrons. The summed E-state index contributed by atoms with van der Waals surface area (Å²) >= 11 is 5.46. The molecule has 0 aliphatic carbocycles. The molecular weight excluding hydrogens is 1150 g/mol. The second-order valence-electron chi connectivity index (χ2n) is 19.7. The Bertz CT molecular complexity index is 4510. The van der Waals surface area contributed by atoms with E-state index in [-0.39, 0.29) is 43.8 Å². The highest BCUT2D eigenvalue weighted by molar-refractivity contribution is 6.67. The summed E-state index contributed by atoms with van der Waals surface area (Å²) in [6.45, 7) is 4.31. The molecule has 12 aromatic rings. The molecule has 6 heterocycles. The summed E-state index contributed by atoms with van der Waals surface area (Å²) in [7, 11) is 0. The highest BCUT2D eigenvalue weighted by Crippen LogP contribution is 2.29. The first-order valence-electron chi connectivity index (χ1n) is 28.1. The Labute approximate surface area is 514 Å². The minimum Gasteiger partial charge on any atom is -0.457 e. The number of halogens is 3. The second kappa shape index (κ2) is 28.8. The number of benzene rings is 6. The SMILES string of the molecule is CCc1cnc(-c2nn(Cc3ccccc3F)c3ncccc23)nc1N.CCc1cnc(-c2nn(Cc3ccccc3F)c3ncccc23)nc1NC(=O)c1ccccc1COC(=O)c1ccccc1.O=C(OCc1ccccc1C(=O)Cl)c1ccccc1. The van der Waals surface area contributed by atoms with Crippen LogP contribution >= 0.6 is 11.6 Å². The van der Waals surface area contributed by atoms with E-state index in [1.165, 1.54) is 12.1 Å². The summed E-state index contributed by atoms with van der Waals surface area (Å²) in [6.07, 6.45) is 8.03. The van der Waals surface area contributed by atoms with Crippen molar-refractivity contribution in [2.24, 2.45) is 0 Å². The molecule has 3 N–H and O–H groups in total. The van der Waals surface area contributed by atoms with Crippen molar-refractivity contribution in [1.29, 1.82) is 0 Å². The zero-order valence-corrected chi connectivity index (χ0v) is 48.8. The van der Waals surface area contributed by atoms with Crippen LogP contribution in [-0.4, -0.2) is 72.6 Å². The van der Waals surface area contributed by atoms with Crippen LogP contribution in [0.4, 0.5) is 20.4 Å². The quantitative estimate of drug-likeness (QED) is 0.0637. The van der Waals surface area contributed by atoms with Crippen molar-refractivity contribution >= 4 is 68.4 Å². The van der Waals surface area contributed by atoms with Gasteiger partial charge in [-0.3, -0.25) is 9.59 Å². The van der Waals surface area contributed by atoms with Crippen molar-refractivity contribution in [1.82, 2.24) is 49.5 Å². The molecule has 0 saturated carbocycles. The van der Waals surface area contributed by atoms with Crippen LogP contribution in [0.3, 0.4) is 0 Å². The van der Waals surface area contributed by atoms with Crippen LogP contribution in [0.1, 0.15) is 88.7 Å². The lowest BCUT2D eigenvalue weighted by atomic mass is 10.1. The standard InChI is InChI=1S/C34H27FN6O3.C19H17FN6.C15H11ClO3/c1-2-22-19-37-31(29-27-16-10-18-36-32(27)41(40-29)20-24-13-7-9-17-28(24)35)38-30(22)39-33(42)26-15-8-6-14-25(26)21-44-34(43)23-11-4-3-5-12-23;1-2-12-10-23-18(24-17(12)21)16-14-7-5-9-22-19(14)26(25-16)11-13-6-3-4-8-15(13)20;16-14(17)13-9-5-4-8-12(13)10-19-15(18)11-6-2-1-3-7-11/h3-19H,2,20-21H2,1H3,(H,37,38,39,42);3-10H,2,11H2,1H3,(H2,21,23,24);1-9H,10H2.